The molecule has 16 nitrogen and oxygen atoms in total. The molecule has 18 heteroatoms. The normalized spacial score (nSPS) is 16.6. The molecule has 0 radical (unpaired) electrons. The van der Waals surface area contributed by atoms with E-state index in [-0.39, 0.29) is 42.8 Å². The number of nitrogens with zero attached hydrogens (tertiary/aromatic N) is 5. The zero-order chi connectivity index (χ0) is 51.3. The highest BCUT2D eigenvalue weighted by atomic mass is 32.2. The van der Waals surface area contributed by atoms with Gasteiger partial charge in [-0.3, -0.25) is 14.2 Å². The molecular formula is C54H67N6O10PS. The van der Waals surface area contributed by atoms with Crippen LogP contribution < -0.4 is 19.5 Å². The van der Waals surface area contributed by atoms with Crippen LogP contribution in [0, 0.1) is 5.41 Å². The Kier molecular flexibility index (Phi) is 19.2. The summed E-state index contributed by atoms with van der Waals surface area (Å²) in [5, 5.41) is 2.97. The number of ether oxygens (including phenoxy) is 6. The minimum Gasteiger partial charge on any atom is -0.497 e. The maximum absolute atomic E-state index is 13.1. The summed E-state index contributed by atoms with van der Waals surface area (Å²) in [6, 6.07) is 35.1. The van der Waals surface area contributed by atoms with Crippen LogP contribution in [0.1, 0.15) is 77.8 Å². The number of fused-ring (bicyclic) bond motifs is 1. The molecule has 1 fully saturated rings. The molecule has 1 amide bonds. The van der Waals surface area contributed by atoms with Crippen LogP contribution in [0.3, 0.4) is 0 Å². The fourth-order valence-corrected chi connectivity index (χ4v) is 10.9. The fourth-order valence-electron chi connectivity index (χ4n) is 8.33. The Bertz CT molecular complexity index is 2580. The fraction of sp³-hybridized carbons (Fsp3) is 0.426. The zero-order valence-corrected chi connectivity index (χ0v) is 44.3. The number of thioether (sulfide) groups is 1. The second-order valence-corrected chi connectivity index (χ2v) is 21.1. The number of imidazole rings is 1. The standard InChI is InChI=1S/C54H67N6O10PS/c1-37(2)60(38(3)4)71(68-29-28-65-30-31-72-52(62)53(5,6)7)70-45-32-48(59-36-57-49-50(55-35-56-51(49)59)58-47(61)34-66-44-18-14-11-15-19-44)69-46(45)33-67-54(39-16-12-10-13-17-39,40-20-24-42(63-8)25-21-40)41-22-26-43(64-9)27-23-41/h10-27,35-38,45-46,48H,28-34H2,1-9H3,(H,55,56,58,61)/t45-,46+,48+,71?/m0/s1. The maximum Gasteiger partial charge on any atom is 0.263 e. The quantitative estimate of drug-likeness (QED) is 0.0327. The third-order valence-corrected chi connectivity index (χ3v) is 15.2. The van der Waals surface area contributed by atoms with Crippen LogP contribution in [-0.2, 0) is 38.4 Å². The molecule has 0 spiro atoms. The third kappa shape index (κ3) is 13.6. The number of amides is 1. The first-order valence-electron chi connectivity index (χ1n) is 24.1. The van der Waals surface area contributed by atoms with Gasteiger partial charge in [0.2, 0.25) is 0 Å². The van der Waals surface area contributed by atoms with Gasteiger partial charge < -0.3 is 42.8 Å². The molecule has 384 valence electrons. The molecule has 0 aliphatic carbocycles. The smallest absolute Gasteiger partial charge is 0.263 e. The highest BCUT2D eigenvalue weighted by molar-refractivity contribution is 8.13. The summed E-state index contributed by atoms with van der Waals surface area (Å²) in [6.07, 6.45) is 1.52. The van der Waals surface area contributed by atoms with Crippen molar-refractivity contribution in [1.82, 2.24) is 24.2 Å². The van der Waals surface area contributed by atoms with E-state index in [0.29, 0.717) is 53.8 Å². The predicted octanol–water partition coefficient (Wildman–Crippen LogP) is 10.2. The molecular weight excluding hydrogens is 956 g/mol. The van der Waals surface area contributed by atoms with Gasteiger partial charge in [0, 0.05) is 29.7 Å². The zero-order valence-electron chi connectivity index (χ0n) is 42.6. The molecule has 1 aliphatic rings. The van der Waals surface area contributed by atoms with Crippen molar-refractivity contribution in [3.8, 4) is 17.2 Å². The Morgan fingerprint density at radius 3 is 2.00 bits per heavy atom. The number of anilines is 1. The van der Waals surface area contributed by atoms with Crippen LogP contribution in [0.15, 0.2) is 122 Å². The van der Waals surface area contributed by atoms with E-state index in [1.54, 1.807) is 32.7 Å². The molecule has 2 aromatic heterocycles. The molecule has 1 saturated heterocycles. The minimum atomic E-state index is -1.70. The van der Waals surface area contributed by atoms with Crippen molar-refractivity contribution in [3.63, 3.8) is 0 Å². The van der Waals surface area contributed by atoms with Crippen molar-refractivity contribution in [2.45, 2.75) is 91.0 Å². The number of carbonyl (C=O) groups is 2. The van der Waals surface area contributed by atoms with Gasteiger partial charge in [-0.05, 0) is 80.8 Å². The first kappa shape index (κ1) is 54.3. The molecule has 0 saturated carbocycles. The van der Waals surface area contributed by atoms with E-state index in [9.17, 15) is 9.59 Å². The highest BCUT2D eigenvalue weighted by Crippen LogP contribution is 2.51. The Morgan fingerprint density at radius 1 is 0.792 bits per heavy atom. The number of carbonyl (C=O) groups excluding carboxylic acids is 2. The Labute approximate surface area is 428 Å². The van der Waals surface area contributed by atoms with Gasteiger partial charge in [-0.25, -0.2) is 19.6 Å². The summed E-state index contributed by atoms with van der Waals surface area (Å²) in [6.45, 7) is 15.1. The number of para-hydroxylation sites is 1. The van der Waals surface area contributed by atoms with Gasteiger partial charge in [-0.15, -0.1) is 0 Å². The first-order valence-corrected chi connectivity index (χ1v) is 26.3. The molecule has 6 aromatic rings. The molecule has 4 aromatic carbocycles. The van der Waals surface area contributed by atoms with Crippen LogP contribution in [0.4, 0.5) is 5.82 Å². The number of hydrogen-bond acceptors (Lipinski definition) is 15. The van der Waals surface area contributed by atoms with Crippen molar-refractivity contribution in [2.24, 2.45) is 5.41 Å². The van der Waals surface area contributed by atoms with Crippen LogP contribution in [0.25, 0.3) is 11.2 Å². The SMILES string of the molecule is COc1ccc(C(OC[C@H]2O[C@@H](n3cnc4c(NC(=O)COc5ccccc5)ncnc43)C[C@@H]2OP(OCCOCCSC(=O)C(C)(C)C)N(C(C)C)C(C)C)(c2ccccc2)c2ccc(OC)cc2)cc1. The number of hydrogen-bond donors (Lipinski definition) is 1. The third-order valence-electron chi connectivity index (χ3n) is 11.8. The number of rotatable bonds is 25. The second-order valence-electron chi connectivity index (χ2n) is 18.7. The van der Waals surface area contributed by atoms with Crippen LogP contribution in [-0.4, -0.2) is 113 Å². The topological polar surface area (TPSA) is 167 Å². The van der Waals surface area contributed by atoms with Gasteiger partial charge in [0.15, 0.2) is 28.7 Å². The summed E-state index contributed by atoms with van der Waals surface area (Å²) in [5.74, 6) is 2.37. The Hall–Kier alpha value is -5.49. The lowest BCUT2D eigenvalue weighted by atomic mass is 9.80. The number of nitrogens with one attached hydrogen (secondary N) is 1. The molecule has 7 rings (SSSR count). The molecule has 72 heavy (non-hydrogen) atoms. The lowest BCUT2D eigenvalue weighted by molar-refractivity contribution is -0.118. The van der Waals surface area contributed by atoms with Crippen molar-refractivity contribution in [1.29, 1.82) is 0 Å². The number of benzene rings is 4. The Balaban J connectivity index is 1.21. The van der Waals surface area contributed by atoms with Gasteiger partial charge in [0.1, 0.15) is 41.5 Å². The summed E-state index contributed by atoms with van der Waals surface area (Å²) >= 11 is 1.28. The van der Waals surface area contributed by atoms with Crippen LogP contribution in [0.5, 0.6) is 17.2 Å². The van der Waals surface area contributed by atoms with Crippen molar-refractivity contribution in [2.75, 3.05) is 58.3 Å². The van der Waals surface area contributed by atoms with Crippen LogP contribution in [0.2, 0.25) is 0 Å². The van der Waals surface area contributed by atoms with Gasteiger partial charge in [0.05, 0.1) is 53.1 Å². The lowest BCUT2D eigenvalue weighted by Gasteiger charge is -2.39. The first-order chi connectivity index (χ1) is 34.7. The molecule has 1 aliphatic heterocycles. The average molecular weight is 1020 g/mol. The highest BCUT2D eigenvalue weighted by Gasteiger charge is 2.45. The molecule has 1 unspecified atom stereocenters. The monoisotopic (exact) mass is 1020 g/mol. The van der Waals surface area contributed by atoms with Gasteiger partial charge in [-0.2, -0.15) is 0 Å². The summed E-state index contributed by atoms with van der Waals surface area (Å²) in [7, 11) is 1.59. The van der Waals surface area contributed by atoms with E-state index in [4.69, 9.17) is 42.5 Å². The Morgan fingerprint density at radius 2 is 1.40 bits per heavy atom. The summed E-state index contributed by atoms with van der Waals surface area (Å²) in [5.41, 5.74) is 1.89. The lowest BCUT2D eigenvalue weighted by Crippen LogP contribution is -2.39. The van der Waals surface area contributed by atoms with E-state index in [1.165, 1.54) is 18.1 Å². The average Bonchev–Trinajstić information content (AvgIpc) is 4.00. The number of aromatic nitrogens is 4. The van der Waals surface area contributed by atoms with Crippen molar-refractivity contribution < 1.29 is 47.1 Å². The molecule has 4 atom stereocenters. The maximum atomic E-state index is 13.1. The van der Waals surface area contributed by atoms with E-state index in [2.05, 4.69) is 59.8 Å². The largest absolute Gasteiger partial charge is 0.497 e. The predicted molar refractivity (Wildman–Crippen MR) is 280 cm³/mol. The second kappa shape index (κ2) is 25.4. The molecule has 0 bridgehead atoms. The minimum absolute atomic E-state index is 0.0570. The molecule has 3 heterocycles. The van der Waals surface area contributed by atoms with Crippen molar-refractivity contribution in [3.05, 3.63) is 139 Å². The van der Waals surface area contributed by atoms with E-state index >= 15 is 0 Å². The van der Waals surface area contributed by atoms with Crippen molar-refractivity contribution >= 4 is 48.3 Å². The number of methoxy groups -OCH3 is 2. The van der Waals surface area contributed by atoms with E-state index < -0.39 is 43.9 Å². The van der Waals surface area contributed by atoms with Gasteiger partial charge >= 0.3 is 0 Å². The summed E-state index contributed by atoms with van der Waals surface area (Å²) < 4.78 is 55.3. The van der Waals surface area contributed by atoms with Gasteiger partial charge in [-0.1, -0.05) is 105 Å². The van der Waals surface area contributed by atoms with E-state index in [0.717, 1.165) is 16.7 Å². The molecule has 1 N–H and O–H groups in total. The van der Waals surface area contributed by atoms with E-state index in [1.807, 2.05) is 110 Å². The summed E-state index contributed by atoms with van der Waals surface area (Å²) in [4.78, 5) is 39.3. The van der Waals surface area contributed by atoms with Gasteiger partial charge in [0.25, 0.3) is 14.4 Å². The van der Waals surface area contributed by atoms with Crippen LogP contribution >= 0.6 is 20.3 Å².